The minimum absolute atomic E-state index is 0.0543. The normalized spacial score (nSPS) is 22.2. The maximum atomic E-state index is 12.1. The van der Waals surface area contributed by atoms with E-state index in [0.29, 0.717) is 11.7 Å². The number of rotatable bonds is 7. The molecule has 0 radical (unpaired) electrons. The smallest absolute Gasteiger partial charge is 0.411 e. The zero-order valence-electron chi connectivity index (χ0n) is 19.6. The van der Waals surface area contributed by atoms with E-state index in [2.05, 4.69) is 48.1 Å². The van der Waals surface area contributed by atoms with Crippen molar-refractivity contribution in [2.24, 2.45) is 11.8 Å². The van der Waals surface area contributed by atoms with Gasteiger partial charge in [-0.05, 0) is 77.6 Å². The summed E-state index contributed by atoms with van der Waals surface area (Å²) >= 11 is 3.30. The number of fused-ring (bicyclic) bond motifs is 1. The summed E-state index contributed by atoms with van der Waals surface area (Å²) in [6.07, 6.45) is 1.36. The molecule has 32 heavy (non-hydrogen) atoms. The number of nitrogens with zero attached hydrogens (tertiary/aromatic N) is 2. The number of anilines is 2. The topological polar surface area (TPSA) is 78.5 Å². The zero-order chi connectivity index (χ0) is 23.0. The summed E-state index contributed by atoms with van der Waals surface area (Å²) in [5.74, 6) is 1.51. The van der Waals surface area contributed by atoms with E-state index in [0.717, 1.165) is 45.4 Å². The van der Waals surface area contributed by atoms with Gasteiger partial charge in [0, 0.05) is 47.0 Å². The molecule has 7 nitrogen and oxygen atoms in total. The van der Waals surface area contributed by atoms with Gasteiger partial charge in [0.05, 0.1) is 11.0 Å². The molecular weight excluding hydrogens is 442 g/mol. The molecule has 2 atom stereocenters. The Morgan fingerprint density at radius 2 is 2.00 bits per heavy atom. The zero-order valence-corrected chi connectivity index (χ0v) is 21.2. The molecule has 2 unspecified atom stereocenters. The summed E-state index contributed by atoms with van der Waals surface area (Å²) in [6.45, 7) is 12.2. The fraction of sp³-hybridized carbons (Fsp3) is 0.565. The molecule has 1 aromatic heterocycles. The van der Waals surface area contributed by atoms with Crippen molar-refractivity contribution in [3.05, 3.63) is 24.4 Å². The molecule has 9 heteroatoms. The van der Waals surface area contributed by atoms with Crippen molar-refractivity contribution in [2.75, 3.05) is 30.4 Å². The highest BCUT2D eigenvalue weighted by molar-refractivity contribution is 7.97. The van der Waals surface area contributed by atoms with Crippen LogP contribution in [0.1, 0.15) is 34.6 Å². The van der Waals surface area contributed by atoms with Crippen LogP contribution in [0.2, 0.25) is 0 Å². The predicted octanol–water partition coefficient (Wildman–Crippen LogP) is 4.82. The van der Waals surface area contributed by atoms with Crippen LogP contribution in [0.4, 0.5) is 15.6 Å². The van der Waals surface area contributed by atoms with Crippen molar-refractivity contribution in [1.82, 2.24) is 15.0 Å². The van der Waals surface area contributed by atoms with Crippen LogP contribution < -0.4 is 20.3 Å². The van der Waals surface area contributed by atoms with Crippen LogP contribution >= 0.6 is 23.3 Å². The third kappa shape index (κ3) is 5.39. The number of hydrogen-bond donors (Lipinski definition) is 3. The number of hydrogen-bond acceptors (Lipinski definition) is 8. The molecule has 2 aromatic rings. The van der Waals surface area contributed by atoms with Gasteiger partial charge in [-0.25, -0.2) is 9.78 Å². The Morgan fingerprint density at radius 1 is 1.28 bits per heavy atom. The second-order valence-corrected chi connectivity index (χ2v) is 11.7. The van der Waals surface area contributed by atoms with Gasteiger partial charge in [-0.15, -0.1) is 0 Å². The van der Waals surface area contributed by atoms with Crippen molar-refractivity contribution in [1.29, 1.82) is 0 Å². The predicted molar refractivity (Wildman–Crippen MR) is 134 cm³/mol. The quantitative estimate of drug-likeness (QED) is 0.496. The summed E-state index contributed by atoms with van der Waals surface area (Å²) in [7, 11) is 2.06. The number of aromatic nitrogens is 1. The van der Waals surface area contributed by atoms with E-state index in [-0.39, 0.29) is 11.6 Å². The molecule has 0 spiro atoms. The molecule has 1 saturated carbocycles. The standard InChI is InChI=1S/C23H33N5O2S2/c1-13(2)30-22(29)26-14-7-8-15(18(9-14)32-27-23(3,4)5)19-10-25-21(31-19)28-11-16-17(12-28)20(16)24-6/h7-10,13,16-17,20,24,27H,11-12H2,1-6H3,(H,26,29). The number of amides is 1. The molecule has 1 aliphatic heterocycles. The molecule has 2 aliphatic rings. The van der Waals surface area contributed by atoms with E-state index >= 15 is 0 Å². The monoisotopic (exact) mass is 475 g/mol. The summed E-state index contributed by atoms with van der Waals surface area (Å²) < 4.78 is 8.71. The van der Waals surface area contributed by atoms with E-state index in [4.69, 9.17) is 9.72 Å². The molecular formula is C23H33N5O2S2. The van der Waals surface area contributed by atoms with Gasteiger partial charge >= 0.3 is 6.09 Å². The van der Waals surface area contributed by atoms with E-state index in [1.54, 1.807) is 23.3 Å². The van der Waals surface area contributed by atoms with Gasteiger partial charge in [-0.1, -0.05) is 17.4 Å². The molecule has 1 aromatic carbocycles. The number of carbonyl (C=O) groups is 1. The molecule has 2 heterocycles. The summed E-state index contributed by atoms with van der Waals surface area (Å²) in [6, 6.07) is 6.63. The van der Waals surface area contributed by atoms with Gasteiger partial charge in [0.15, 0.2) is 5.13 Å². The number of ether oxygens (including phenoxy) is 1. The lowest BCUT2D eigenvalue weighted by atomic mass is 10.1. The Kier molecular flexibility index (Phi) is 6.72. The van der Waals surface area contributed by atoms with Gasteiger partial charge < -0.3 is 15.0 Å². The van der Waals surface area contributed by atoms with Crippen LogP contribution in [0.15, 0.2) is 29.3 Å². The van der Waals surface area contributed by atoms with Crippen LogP contribution in [-0.2, 0) is 4.74 Å². The molecule has 4 rings (SSSR count). The first-order chi connectivity index (χ1) is 15.1. The highest BCUT2D eigenvalue weighted by atomic mass is 32.2. The number of nitrogens with one attached hydrogen (secondary N) is 3. The molecule has 1 saturated heterocycles. The fourth-order valence-corrected chi connectivity index (χ4v) is 6.03. The van der Waals surface area contributed by atoms with Gasteiger partial charge in [-0.2, -0.15) is 0 Å². The molecule has 2 fully saturated rings. The Bertz CT molecular complexity index is 960. The molecule has 1 aliphatic carbocycles. The summed E-state index contributed by atoms with van der Waals surface area (Å²) in [5, 5.41) is 7.33. The van der Waals surface area contributed by atoms with Crippen molar-refractivity contribution in [3.8, 4) is 10.4 Å². The maximum Gasteiger partial charge on any atom is 0.411 e. The lowest BCUT2D eigenvalue weighted by molar-refractivity contribution is 0.130. The molecule has 0 bridgehead atoms. The third-order valence-corrected chi connectivity index (χ3v) is 7.96. The minimum atomic E-state index is -0.444. The van der Waals surface area contributed by atoms with Gasteiger partial charge in [0.25, 0.3) is 0 Å². The highest BCUT2D eigenvalue weighted by Gasteiger charge is 2.55. The second kappa shape index (κ2) is 9.21. The number of piperidine rings is 1. The average molecular weight is 476 g/mol. The maximum absolute atomic E-state index is 12.1. The largest absolute Gasteiger partial charge is 0.447 e. The first-order valence-corrected chi connectivity index (χ1v) is 12.7. The Labute approximate surface area is 198 Å². The first-order valence-electron chi connectivity index (χ1n) is 11.1. The molecule has 174 valence electrons. The Morgan fingerprint density at radius 3 is 2.62 bits per heavy atom. The summed E-state index contributed by atoms with van der Waals surface area (Å²) in [4.78, 5) is 21.4. The van der Waals surface area contributed by atoms with Crippen molar-refractivity contribution in [3.63, 3.8) is 0 Å². The number of carbonyl (C=O) groups excluding carboxylic acids is 1. The van der Waals surface area contributed by atoms with Crippen LogP contribution in [0.5, 0.6) is 0 Å². The van der Waals surface area contributed by atoms with Crippen molar-refractivity contribution >= 4 is 40.2 Å². The van der Waals surface area contributed by atoms with Crippen molar-refractivity contribution < 1.29 is 9.53 Å². The molecule has 1 amide bonds. The van der Waals surface area contributed by atoms with E-state index in [1.165, 1.54) is 0 Å². The third-order valence-electron chi connectivity index (χ3n) is 5.59. The number of thiazole rings is 1. The fourth-order valence-electron chi connectivity index (χ4n) is 4.10. The van der Waals surface area contributed by atoms with Crippen LogP contribution in [0, 0.1) is 11.8 Å². The summed E-state index contributed by atoms with van der Waals surface area (Å²) in [5.41, 5.74) is 1.76. The van der Waals surface area contributed by atoms with Crippen molar-refractivity contribution in [2.45, 2.75) is 57.2 Å². The first kappa shape index (κ1) is 23.4. The van der Waals surface area contributed by atoms with E-state index in [1.807, 2.05) is 38.2 Å². The highest BCUT2D eigenvalue weighted by Crippen LogP contribution is 2.48. The van der Waals surface area contributed by atoms with Gasteiger partial charge in [0.2, 0.25) is 0 Å². The van der Waals surface area contributed by atoms with Gasteiger partial charge in [0.1, 0.15) is 0 Å². The molecule has 3 N–H and O–H groups in total. The van der Waals surface area contributed by atoms with Gasteiger partial charge in [-0.3, -0.25) is 10.0 Å². The van der Waals surface area contributed by atoms with Crippen LogP contribution in [0.3, 0.4) is 0 Å². The van der Waals surface area contributed by atoms with Crippen LogP contribution in [0.25, 0.3) is 10.4 Å². The minimum Gasteiger partial charge on any atom is -0.447 e. The van der Waals surface area contributed by atoms with E-state index < -0.39 is 6.09 Å². The lowest BCUT2D eigenvalue weighted by Gasteiger charge is -2.21. The SMILES string of the molecule is CNC1C2CN(c3ncc(-c4ccc(NC(=O)OC(C)C)cc4SNC(C)(C)C)s3)CC21. The Hall–Kier alpha value is -1.81. The lowest BCUT2D eigenvalue weighted by Crippen LogP contribution is -2.29. The number of benzene rings is 1. The Balaban J connectivity index is 1.53. The second-order valence-electron chi connectivity index (χ2n) is 9.80. The average Bonchev–Trinajstić information content (AvgIpc) is 3.07. The van der Waals surface area contributed by atoms with Crippen LogP contribution in [-0.4, -0.2) is 48.9 Å². The van der Waals surface area contributed by atoms with E-state index in [9.17, 15) is 4.79 Å².